The van der Waals surface area contributed by atoms with Crippen molar-refractivity contribution in [2.24, 2.45) is 5.73 Å². The summed E-state index contributed by atoms with van der Waals surface area (Å²) in [5.41, 5.74) is 10.4. The van der Waals surface area contributed by atoms with Crippen LogP contribution in [0.1, 0.15) is 22.7 Å². The highest BCUT2D eigenvalue weighted by molar-refractivity contribution is 5.85. The van der Waals surface area contributed by atoms with Gasteiger partial charge in [0.15, 0.2) is 0 Å². The van der Waals surface area contributed by atoms with Crippen molar-refractivity contribution in [3.63, 3.8) is 0 Å². The molecule has 2 aromatic carbocycles. The van der Waals surface area contributed by atoms with Crippen LogP contribution in [0.25, 0.3) is 11.1 Å². The molecule has 21 heavy (non-hydrogen) atoms. The Labute approximate surface area is 128 Å². The van der Waals surface area contributed by atoms with Crippen molar-refractivity contribution in [3.8, 4) is 11.1 Å². The third-order valence-electron chi connectivity index (χ3n) is 3.84. The van der Waals surface area contributed by atoms with Gasteiger partial charge in [0.25, 0.3) is 5.92 Å². The van der Waals surface area contributed by atoms with E-state index in [2.05, 4.69) is 0 Å². The van der Waals surface area contributed by atoms with Gasteiger partial charge in [-0.2, -0.15) is 0 Å². The van der Waals surface area contributed by atoms with E-state index in [9.17, 15) is 8.78 Å². The second kappa shape index (κ2) is 5.72. The molecule has 0 spiro atoms. The van der Waals surface area contributed by atoms with E-state index in [1.165, 1.54) is 5.56 Å². The van der Waals surface area contributed by atoms with Crippen LogP contribution in [0.15, 0.2) is 42.5 Å². The van der Waals surface area contributed by atoms with Gasteiger partial charge < -0.3 is 10.8 Å². The third kappa shape index (κ3) is 2.67. The van der Waals surface area contributed by atoms with Crippen LogP contribution in [-0.4, -0.2) is 17.6 Å². The normalized spacial score (nSPS) is 14.1. The number of nitrogens with two attached hydrogens (primary N) is 1. The highest BCUT2D eigenvalue weighted by Gasteiger charge is 2.37. The van der Waals surface area contributed by atoms with E-state index in [-0.39, 0.29) is 12.4 Å². The SMILES string of the molecule is Cl.N[C@H](c1ccc2c(c1)Cc1ccccc1-2)C(F)(F)CO. The Kier molecular flexibility index (Phi) is 4.33. The molecule has 0 saturated heterocycles. The first-order chi connectivity index (χ1) is 9.53. The maximum atomic E-state index is 13.5. The average molecular weight is 312 g/mol. The van der Waals surface area contributed by atoms with Gasteiger partial charge in [-0.25, -0.2) is 8.78 Å². The number of hydrogen-bond acceptors (Lipinski definition) is 2. The van der Waals surface area contributed by atoms with Crippen molar-refractivity contribution in [1.29, 1.82) is 0 Å². The van der Waals surface area contributed by atoms with Gasteiger partial charge in [0.2, 0.25) is 0 Å². The molecule has 3 rings (SSSR count). The fraction of sp³-hybridized carbons (Fsp3) is 0.250. The molecule has 0 aromatic heterocycles. The highest BCUT2D eigenvalue weighted by Crippen LogP contribution is 2.38. The van der Waals surface area contributed by atoms with Gasteiger partial charge in [-0.15, -0.1) is 12.4 Å². The minimum Gasteiger partial charge on any atom is -0.390 e. The predicted molar refractivity (Wildman–Crippen MR) is 80.9 cm³/mol. The van der Waals surface area contributed by atoms with E-state index < -0.39 is 18.6 Å². The number of hydrogen-bond donors (Lipinski definition) is 2. The molecule has 0 unspecified atom stereocenters. The number of benzene rings is 2. The van der Waals surface area contributed by atoms with E-state index in [1.807, 2.05) is 30.3 Å². The van der Waals surface area contributed by atoms with Gasteiger partial charge in [-0.1, -0.05) is 42.5 Å². The fourth-order valence-corrected chi connectivity index (χ4v) is 2.70. The average Bonchev–Trinajstić information content (AvgIpc) is 2.83. The molecule has 1 atom stereocenters. The van der Waals surface area contributed by atoms with Crippen LogP contribution in [0.4, 0.5) is 8.78 Å². The number of alkyl halides is 2. The summed E-state index contributed by atoms with van der Waals surface area (Å²) < 4.78 is 26.9. The molecule has 2 nitrogen and oxygen atoms in total. The molecule has 0 radical (unpaired) electrons. The Morgan fingerprint density at radius 2 is 1.76 bits per heavy atom. The first-order valence-corrected chi connectivity index (χ1v) is 6.48. The van der Waals surface area contributed by atoms with Gasteiger partial charge in [-0.3, -0.25) is 0 Å². The quantitative estimate of drug-likeness (QED) is 0.779. The molecule has 0 bridgehead atoms. The number of aliphatic hydroxyl groups is 1. The van der Waals surface area contributed by atoms with Crippen LogP contribution in [0.3, 0.4) is 0 Å². The Morgan fingerprint density at radius 1 is 1.10 bits per heavy atom. The first kappa shape index (κ1) is 15.9. The number of aliphatic hydroxyl groups excluding tert-OH is 1. The molecule has 0 fully saturated rings. The highest BCUT2D eigenvalue weighted by atomic mass is 35.5. The first-order valence-electron chi connectivity index (χ1n) is 6.48. The molecule has 2 aromatic rings. The van der Waals surface area contributed by atoms with E-state index in [0.29, 0.717) is 5.56 Å². The van der Waals surface area contributed by atoms with Crippen molar-refractivity contribution in [2.75, 3.05) is 6.61 Å². The van der Waals surface area contributed by atoms with Crippen LogP contribution >= 0.6 is 12.4 Å². The maximum Gasteiger partial charge on any atom is 0.289 e. The lowest BCUT2D eigenvalue weighted by molar-refractivity contribution is -0.0711. The molecule has 0 heterocycles. The Bertz CT molecular complexity index is 660. The van der Waals surface area contributed by atoms with Crippen molar-refractivity contribution in [3.05, 3.63) is 59.2 Å². The van der Waals surface area contributed by atoms with Gasteiger partial charge in [0.05, 0.1) is 6.04 Å². The summed E-state index contributed by atoms with van der Waals surface area (Å²) >= 11 is 0. The Balaban J connectivity index is 0.00000161. The summed E-state index contributed by atoms with van der Waals surface area (Å²) in [7, 11) is 0. The molecule has 0 aliphatic heterocycles. The van der Waals surface area contributed by atoms with Crippen molar-refractivity contribution in [1.82, 2.24) is 0 Å². The monoisotopic (exact) mass is 311 g/mol. The summed E-state index contributed by atoms with van der Waals surface area (Å²) in [4.78, 5) is 0. The standard InChI is InChI=1S/C16H15F2NO.ClH/c17-16(18,9-20)15(19)11-5-6-14-12(8-11)7-10-3-1-2-4-13(10)14;/h1-6,8,15,20H,7,9,19H2;1H/t15-;/m1./s1. The molecule has 5 heteroatoms. The topological polar surface area (TPSA) is 46.2 Å². The van der Waals surface area contributed by atoms with Crippen LogP contribution in [0, 0.1) is 0 Å². The van der Waals surface area contributed by atoms with Crippen molar-refractivity contribution in [2.45, 2.75) is 18.4 Å². The number of halogens is 3. The molecule has 3 N–H and O–H groups in total. The second-order valence-electron chi connectivity index (χ2n) is 5.15. The van der Waals surface area contributed by atoms with Gasteiger partial charge in [-0.05, 0) is 34.2 Å². The fourth-order valence-electron chi connectivity index (χ4n) is 2.70. The lowest BCUT2D eigenvalue weighted by Crippen LogP contribution is -2.36. The minimum atomic E-state index is -3.31. The summed E-state index contributed by atoms with van der Waals surface area (Å²) in [6.07, 6.45) is 0.733. The molecule has 112 valence electrons. The minimum absolute atomic E-state index is 0. The lowest BCUT2D eigenvalue weighted by Gasteiger charge is -2.22. The van der Waals surface area contributed by atoms with Crippen LogP contribution < -0.4 is 5.73 Å². The zero-order valence-corrected chi connectivity index (χ0v) is 12.0. The third-order valence-corrected chi connectivity index (χ3v) is 3.84. The van der Waals surface area contributed by atoms with Gasteiger partial charge in [0.1, 0.15) is 6.61 Å². The summed E-state index contributed by atoms with van der Waals surface area (Å²) in [6.45, 7) is -1.24. The maximum absolute atomic E-state index is 13.5. The Morgan fingerprint density at radius 3 is 2.48 bits per heavy atom. The molecule has 1 aliphatic rings. The number of fused-ring (bicyclic) bond motifs is 3. The molecular formula is C16H16ClF2NO. The van der Waals surface area contributed by atoms with E-state index in [1.54, 1.807) is 12.1 Å². The molecule has 0 saturated carbocycles. The summed E-state index contributed by atoms with van der Waals surface area (Å²) in [5, 5.41) is 8.73. The van der Waals surface area contributed by atoms with Crippen LogP contribution in [0.2, 0.25) is 0 Å². The van der Waals surface area contributed by atoms with Crippen molar-refractivity contribution < 1.29 is 13.9 Å². The molecule has 0 amide bonds. The van der Waals surface area contributed by atoms with Crippen LogP contribution in [-0.2, 0) is 6.42 Å². The van der Waals surface area contributed by atoms with Crippen molar-refractivity contribution >= 4 is 12.4 Å². The molecule has 1 aliphatic carbocycles. The van der Waals surface area contributed by atoms with Gasteiger partial charge in [0, 0.05) is 0 Å². The van der Waals surface area contributed by atoms with E-state index in [4.69, 9.17) is 10.8 Å². The lowest BCUT2D eigenvalue weighted by atomic mass is 9.97. The summed E-state index contributed by atoms with van der Waals surface area (Å²) in [5.74, 6) is -3.31. The Hall–Kier alpha value is -1.49. The largest absolute Gasteiger partial charge is 0.390 e. The zero-order chi connectivity index (χ0) is 14.3. The molecular weight excluding hydrogens is 296 g/mol. The predicted octanol–water partition coefficient (Wildman–Crippen LogP) is 3.31. The van der Waals surface area contributed by atoms with E-state index >= 15 is 0 Å². The number of rotatable bonds is 3. The van der Waals surface area contributed by atoms with E-state index in [0.717, 1.165) is 23.1 Å². The second-order valence-corrected chi connectivity index (χ2v) is 5.15. The summed E-state index contributed by atoms with van der Waals surface area (Å²) in [6, 6.07) is 11.7. The van der Waals surface area contributed by atoms with Crippen LogP contribution in [0.5, 0.6) is 0 Å². The zero-order valence-electron chi connectivity index (χ0n) is 11.2. The smallest absolute Gasteiger partial charge is 0.289 e. The van der Waals surface area contributed by atoms with Gasteiger partial charge >= 0.3 is 0 Å².